The van der Waals surface area contributed by atoms with Gasteiger partial charge in [-0.1, -0.05) is 35.9 Å². The van der Waals surface area contributed by atoms with Gasteiger partial charge in [-0.25, -0.2) is 0 Å². The molecule has 0 N–H and O–H groups in total. The minimum absolute atomic E-state index is 0. The first-order chi connectivity index (χ1) is 15.4. The highest BCUT2D eigenvalue weighted by Crippen LogP contribution is 2.42. The van der Waals surface area contributed by atoms with Crippen LogP contribution >= 0.6 is 12.4 Å². The van der Waals surface area contributed by atoms with Crippen molar-refractivity contribution in [3.05, 3.63) is 70.8 Å². The van der Waals surface area contributed by atoms with E-state index in [1.54, 1.807) is 7.11 Å². The summed E-state index contributed by atoms with van der Waals surface area (Å²) in [6.45, 7) is 6.60. The molecule has 3 rings (SSSR count). The van der Waals surface area contributed by atoms with Gasteiger partial charge in [0.2, 0.25) is 0 Å². The highest BCUT2D eigenvalue weighted by molar-refractivity contribution is 5.94. The fourth-order valence-electron chi connectivity index (χ4n) is 4.89. The summed E-state index contributed by atoms with van der Waals surface area (Å²) in [7, 11) is 6.05. The molecular weight excluding hydrogens is 432 g/mol. The molecule has 2 aromatic rings. The highest BCUT2D eigenvalue weighted by Gasteiger charge is 2.29. The molecular formula is C28H39ClN2O2. The number of nitrogens with zero attached hydrogens (tertiary/aromatic N) is 2. The Balaban J connectivity index is 0.00000385. The summed E-state index contributed by atoms with van der Waals surface area (Å²) < 4.78 is 5.50. The van der Waals surface area contributed by atoms with E-state index in [0.717, 1.165) is 49.4 Å². The first-order valence-electron chi connectivity index (χ1n) is 11.8. The Morgan fingerprint density at radius 1 is 1.09 bits per heavy atom. The standard InChI is InChI=1S/C28H38N2O2.ClH/c1-6-30(7-2)28(31)24-12-8-10-21(17-24)16-22-14-15-25(20-29(3)4)27(18-22)23-11-9-13-26(19-23)32-5;/h8-13,16-17,19,25,27H,6-7,14-15,18,20H2,1-5H3;1H/b22-16-;/t25-,27-;/m0./s1. The van der Waals surface area contributed by atoms with Crippen LogP contribution in [0.3, 0.4) is 0 Å². The van der Waals surface area contributed by atoms with E-state index in [2.05, 4.69) is 49.3 Å². The minimum atomic E-state index is 0. The number of amides is 1. The molecule has 33 heavy (non-hydrogen) atoms. The number of halogens is 1. The average Bonchev–Trinajstić information content (AvgIpc) is 2.80. The molecule has 0 aliphatic heterocycles. The lowest BCUT2D eigenvalue weighted by molar-refractivity contribution is 0.0773. The zero-order valence-electron chi connectivity index (χ0n) is 20.7. The van der Waals surface area contributed by atoms with E-state index < -0.39 is 0 Å². The number of methoxy groups -OCH3 is 1. The van der Waals surface area contributed by atoms with Crippen molar-refractivity contribution in [3.8, 4) is 5.75 Å². The van der Waals surface area contributed by atoms with E-state index >= 15 is 0 Å². The third kappa shape index (κ3) is 7.09. The fourth-order valence-corrected chi connectivity index (χ4v) is 4.89. The average molecular weight is 471 g/mol. The van der Waals surface area contributed by atoms with Crippen molar-refractivity contribution in [1.29, 1.82) is 0 Å². The predicted octanol–water partition coefficient (Wildman–Crippen LogP) is 6.13. The molecule has 4 nitrogen and oxygen atoms in total. The van der Waals surface area contributed by atoms with Crippen molar-refractivity contribution in [2.24, 2.45) is 5.92 Å². The van der Waals surface area contributed by atoms with Crippen LogP contribution < -0.4 is 4.74 Å². The number of hydrogen-bond donors (Lipinski definition) is 0. The van der Waals surface area contributed by atoms with Gasteiger partial charge in [-0.2, -0.15) is 0 Å². The second-order valence-corrected chi connectivity index (χ2v) is 9.05. The van der Waals surface area contributed by atoms with Crippen LogP contribution in [-0.2, 0) is 0 Å². The lowest BCUT2D eigenvalue weighted by atomic mass is 9.73. The summed E-state index contributed by atoms with van der Waals surface area (Å²) in [4.78, 5) is 17.0. The number of rotatable bonds is 8. The zero-order valence-corrected chi connectivity index (χ0v) is 21.5. The summed E-state index contributed by atoms with van der Waals surface area (Å²) >= 11 is 0. The van der Waals surface area contributed by atoms with E-state index in [9.17, 15) is 4.79 Å². The maximum atomic E-state index is 12.8. The van der Waals surface area contributed by atoms with Gasteiger partial charge in [0.25, 0.3) is 5.91 Å². The monoisotopic (exact) mass is 470 g/mol. The van der Waals surface area contributed by atoms with Gasteiger partial charge in [0.05, 0.1) is 7.11 Å². The summed E-state index contributed by atoms with van der Waals surface area (Å²) in [6, 6.07) is 16.6. The molecule has 1 saturated carbocycles. The Bertz CT molecular complexity index is 937. The van der Waals surface area contributed by atoms with Crippen LogP contribution in [0.2, 0.25) is 0 Å². The maximum Gasteiger partial charge on any atom is 0.253 e. The van der Waals surface area contributed by atoms with Gasteiger partial charge in [-0.15, -0.1) is 12.4 Å². The van der Waals surface area contributed by atoms with E-state index in [1.165, 1.54) is 17.6 Å². The predicted molar refractivity (Wildman–Crippen MR) is 141 cm³/mol. The second kappa shape index (κ2) is 12.8. The summed E-state index contributed by atoms with van der Waals surface area (Å²) in [5.41, 5.74) is 4.70. The smallest absolute Gasteiger partial charge is 0.253 e. The summed E-state index contributed by atoms with van der Waals surface area (Å²) in [5.74, 6) is 2.11. The Kier molecular flexibility index (Phi) is 10.5. The molecule has 0 heterocycles. The molecule has 1 aliphatic carbocycles. The van der Waals surface area contributed by atoms with Gasteiger partial charge < -0.3 is 14.5 Å². The zero-order chi connectivity index (χ0) is 23.1. The van der Waals surface area contributed by atoms with Crippen LogP contribution in [0.5, 0.6) is 5.75 Å². The fraction of sp³-hybridized carbons (Fsp3) is 0.464. The quantitative estimate of drug-likeness (QED) is 0.465. The van der Waals surface area contributed by atoms with Crippen molar-refractivity contribution in [2.75, 3.05) is 40.8 Å². The summed E-state index contributed by atoms with van der Waals surface area (Å²) in [6.07, 6.45) is 5.62. The molecule has 0 aromatic heterocycles. The maximum absolute atomic E-state index is 12.8. The van der Waals surface area contributed by atoms with Crippen LogP contribution in [0.4, 0.5) is 0 Å². The molecule has 0 radical (unpaired) electrons. The number of hydrogen-bond acceptors (Lipinski definition) is 3. The molecule has 1 fully saturated rings. The molecule has 2 atom stereocenters. The first-order valence-corrected chi connectivity index (χ1v) is 11.8. The van der Waals surface area contributed by atoms with Crippen LogP contribution in [-0.4, -0.2) is 56.5 Å². The molecule has 0 bridgehead atoms. The number of ether oxygens (including phenoxy) is 1. The molecule has 1 aliphatic rings. The Labute approximate surface area is 206 Å². The minimum Gasteiger partial charge on any atom is -0.497 e. The van der Waals surface area contributed by atoms with Gasteiger partial charge in [-0.05, 0) is 94.4 Å². The number of carbonyl (C=O) groups is 1. The topological polar surface area (TPSA) is 32.8 Å². The highest BCUT2D eigenvalue weighted by atomic mass is 35.5. The van der Waals surface area contributed by atoms with Crippen molar-refractivity contribution >= 4 is 24.4 Å². The van der Waals surface area contributed by atoms with Gasteiger partial charge >= 0.3 is 0 Å². The van der Waals surface area contributed by atoms with Crippen LogP contribution in [0, 0.1) is 5.92 Å². The molecule has 180 valence electrons. The summed E-state index contributed by atoms with van der Waals surface area (Å²) in [5, 5.41) is 0. The molecule has 0 saturated heterocycles. The van der Waals surface area contributed by atoms with E-state index in [-0.39, 0.29) is 18.3 Å². The third-order valence-corrected chi connectivity index (χ3v) is 6.56. The van der Waals surface area contributed by atoms with E-state index in [0.29, 0.717) is 11.8 Å². The van der Waals surface area contributed by atoms with Crippen molar-refractivity contribution < 1.29 is 9.53 Å². The number of allylic oxidation sites excluding steroid dienone is 1. The molecule has 2 aromatic carbocycles. The Morgan fingerprint density at radius 2 is 1.82 bits per heavy atom. The third-order valence-electron chi connectivity index (χ3n) is 6.56. The molecule has 5 heteroatoms. The first kappa shape index (κ1) is 26.9. The van der Waals surface area contributed by atoms with Gasteiger partial charge in [-0.3, -0.25) is 4.79 Å². The lowest BCUT2D eigenvalue weighted by Crippen LogP contribution is -2.30. The normalized spacial score (nSPS) is 19.3. The van der Waals surface area contributed by atoms with Gasteiger partial charge in [0, 0.05) is 25.2 Å². The van der Waals surface area contributed by atoms with Crippen molar-refractivity contribution in [3.63, 3.8) is 0 Å². The second-order valence-electron chi connectivity index (χ2n) is 9.05. The Hall–Kier alpha value is -2.30. The number of benzene rings is 2. The SMILES string of the molecule is CCN(CC)C(=O)c1cccc(/C=C2/CC[C@@H](CN(C)C)[C@H](c3cccc(OC)c3)C2)c1.Cl. The van der Waals surface area contributed by atoms with Gasteiger partial charge in [0.15, 0.2) is 0 Å². The van der Waals surface area contributed by atoms with Crippen LogP contribution in [0.15, 0.2) is 54.1 Å². The molecule has 0 unspecified atom stereocenters. The van der Waals surface area contributed by atoms with Crippen LogP contribution in [0.1, 0.15) is 60.5 Å². The van der Waals surface area contributed by atoms with Gasteiger partial charge in [0.1, 0.15) is 5.75 Å². The molecule has 1 amide bonds. The van der Waals surface area contributed by atoms with Crippen molar-refractivity contribution in [2.45, 2.75) is 39.0 Å². The van der Waals surface area contributed by atoms with Crippen LogP contribution in [0.25, 0.3) is 6.08 Å². The van der Waals surface area contributed by atoms with E-state index in [1.807, 2.05) is 43.0 Å². The lowest BCUT2D eigenvalue weighted by Gasteiger charge is -2.35. The van der Waals surface area contributed by atoms with E-state index in [4.69, 9.17) is 4.74 Å². The Morgan fingerprint density at radius 3 is 2.48 bits per heavy atom. The molecule has 0 spiro atoms. The van der Waals surface area contributed by atoms with Crippen molar-refractivity contribution in [1.82, 2.24) is 9.80 Å². The largest absolute Gasteiger partial charge is 0.497 e. The number of carbonyl (C=O) groups excluding carboxylic acids is 1.